The Morgan fingerprint density at radius 2 is 1.60 bits per heavy atom. The number of hydrogen-bond donors (Lipinski definition) is 1. The van der Waals surface area contributed by atoms with Gasteiger partial charge in [-0.15, -0.1) is 0 Å². The third-order valence-electron chi connectivity index (χ3n) is 4.85. The van der Waals surface area contributed by atoms with E-state index in [0.29, 0.717) is 10.6 Å². The molecule has 0 aromatic heterocycles. The minimum absolute atomic E-state index is 0.00228. The molecular formula is C23H27Cl4N3O4S. The van der Waals surface area contributed by atoms with Crippen molar-refractivity contribution in [3.8, 4) is 0 Å². The summed E-state index contributed by atoms with van der Waals surface area (Å²) in [5.74, 6) is -1.03. The highest BCUT2D eigenvalue weighted by Crippen LogP contribution is 2.35. The summed E-state index contributed by atoms with van der Waals surface area (Å²) in [7, 11) is -3.97. The molecule has 0 saturated carbocycles. The molecule has 1 N–H and O–H groups in total. The second kappa shape index (κ2) is 11.6. The molecule has 0 aliphatic rings. The van der Waals surface area contributed by atoms with Crippen molar-refractivity contribution in [1.82, 2.24) is 10.2 Å². The number of sulfonamides is 1. The summed E-state index contributed by atoms with van der Waals surface area (Å²) in [6.07, 6.45) is 0.941. The summed E-state index contributed by atoms with van der Waals surface area (Å²) < 4.78 is 26.1. The Balaban J connectivity index is 2.48. The fourth-order valence-electron chi connectivity index (χ4n) is 3.19. The van der Waals surface area contributed by atoms with E-state index in [0.717, 1.165) is 10.6 Å². The summed E-state index contributed by atoms with van der Waals surface area (Å²) >= 11 is 24.4. The lowest BCUT2D eigenvalue weighted by molar-refractivity contribution is -0.140. The van der Waals surface area contributed by atoms with Crippen LogP contribution in [0.3, 0.4) is 0 Å². The first-order chi connectivity index (χ1) is 16.0. The monoisotopic (exact) mass is 581 g/mol. The number of benzene rings is 2. The van der Waals surface area contributed by atoms with Crippen LogP contribution in [0, 0.1) is 0 Å². The SMILES string of the molecule is C[C@H](C(=O)NC(C)(C)C)N(Cc1cccc(Cl)c1)C(=O)CN(c1cc(Cl)c(Cl)cc1Cl)S(C)(=O)=O. The fraction of sp³-hybridized carbons (Fsp3) is 0.391. The Bertz CT molecular complexity index is 1220. The number of carbonyl (C=O) groups excluding carboxylic acids is 2. The summed E-state index contributed by atoms with van der Waals surface area (Å²) in [5.41, 5.74) is 0.119. The number of rotatable bonds is 8. The first-order valence-electron chi connectivity index (χ1n) is 10.5. The summed E-state index contributed by atoms with van der Waals surface area (Å²) in [4.78, 5) is 27.8. The molecule has 2 amide bonds. The number of nitrogens with one attached hydrogen (secondary N) is 1. The first kappa shape index (κ1) is 29.5. The Kier molecular flexibility index (Phi) is 9.75. The van der Waals surface area contributed by atoms with Gasteiger partial charge in [0.25, 0.3) is 0 Å². The lowest BCUT2D eigenvalue weighted by atomic mass is 10.1. The zero-order valence-corrected chi connectivity index (χ0v) is 23.7. The predicted octanol–water partition coefficient (Wildman–Crippen LogP) is 5.40. The van der Waals surface area contributed by atoms with Crippen molar-refractivity contribution < 1.29 is 18.0 Å². The minimum Gasteiger partial charge on any atom is -0.350 e. The average Bonchev–Trinajstić information content (AvgIpc) is 2.70. The van der Waals surface area contributed by atoms with Gasteiger partial charge in [0.15, 0.2) is 0 Å². The second-order valence-corrected chi connectivity index (χ2v) is 12.6. The van der Waals surface area contributed by atoms with Crippen LogP contribution in [-0.4, -0.2) is 49.5 Å². The van der Waals surface area contributed by atoms with Crippen molar-refractivity contribution in [2.45, 2.75) is 45.8 Å². The van der Waals surface area contributed by atoms with Crippen LogP contribution in [0.15, 0.2) is 36.4 Å². The van der Waals surface area contributed by atoms with Crippen molar-refractivity contribution in [2.75, 3.05) is 17.1 Å². The van der Waals surface area contributed by atoms with Gasteiger partial charge in [0.2, 0.25) is 21.8 Å². The number of halogens is 4. The summed E-state index contributed by atoms with van der Waals surface area (Å²) in [6.45, 7) is 6.42. The molecule has 0 spiro atoms. The Morgan fingerprint density at radius 3 is 2.14 bits per heavy atom. The topological polar surface area (TPSA) is 86.8 Å². The molecule has 7 nitrogen and oxygen atoms in total. The Morgan fingerprint density at radius 1 is 1.00 bits per heavy atom. The van der Waals surface area contributed by atoms with E-state index < -0.39 is 40.0 Å². The van der Waals surface area contributed by atoms with Gasteiger partial charge in [-0.1, -0.05) is 58.5 Å². The molecule has 2 aromatic rings. The zero-order chi connectivity index (χ0) is 26.7. The maximum Gasteiger partial charge on any atom is 0.244 e. The number of hydrogen-bond acceptors (Lipinski definition) is 4. The average molecular weight is 583 g/mol. The molecule has 1 atom stereocenters. The molecule has 0 saturated heterocycles. The molecule has 0 bridgehead atoms. The van der Waals surface area contributed by atoms with Crippen molar-refractivity contribution in [2.24, 2.45) is 0 Å². The normalized spacial score (nSPS) is 12.7. The van der Waals surface area contributed by atoms with E-state index in [9.17, 15) is 18.0 Å². The van der Waals surface area contributed by atoms with Gasteiger partial charge >= 0.3 is 0 Å². The molecule has 2 aromatic carbocycles. The highest BCUT2D eigenvalue weighted by Gasteiger charge is 2.32. The highest BCUT2D eigenvalue weighted by molar-refractivity contribution is 7.92. The van der Waals surface area contributed by atoms with E-state index in [1.165, 1.54) is 17.0 Å². The van der Waals surface area contributed by atoms with Gasteiger partial charge < -0.3 is 10.2 Å². The van der Waals surface area contributed by atoms with Crippen LogP contribution in [0.25, 0.3) is 0 Å². The van der Waals surface area contributed by atoms with Crippen LogP contribution in [-0.2, 0) is 26.2 Å². The zero-order valence-electron chi connectivity index (χ0n) is 19.9. The lowest BCUT2D eigenvalue weighted by Crippen LogP contribution is -2.54. The quantitative estimate of drug-likeness (QED) is 0.422. The van der Waals surface area contributed by atoms with Crippen molar-refractivity contribution >= 4 is 73.9 Å². The molecule has 192 valence electrons. The number of amides is 2. The van der Waals surface area contributed by atoms with E-state index in [1.54, 1.807) is 31.2 Å². The van der Waals surface area contributed by atoms with E-state index in [2.05, 4.69) is 5.32 Å². The second-order valence-electron chi connectivity index (χ2n) is 9.05. The van der Waals surface area contributed by atoms with Crippen LogP contribution in [0.2, 0.25) is 20.1 Å². The Hall–Kier alpha value is -1.71. The fourth-order valence-corrected chi connectivity index (χ4v) is 4.95. The largest absolute Gasteiger partial charge is 0.350 e. The number of anilines is 1. The summed E-state index contributed by atoms with van der Waals surface area (Å²) in [6, 6.07) is 8.48. The van der Waals surface area contributed by atoms with Gasteiger partial charge in [-0.2, -0.15) is 0 Å². The number of carbonyl (C=O) groups is 2. The minimum atomic E-state index is -3.97. The Labute approximate surface area is 226 Å². The molecule has 0 heterocycles. The van der Waals surface area contributed by atoms with Gasteiger partial charge in [-0.05, 0) is 57.5 Å². The predicted molar refractivity (Wildman–Crippen MR) is 143 cm³/mol. The number of nitrogens with zero attached hydrogens (tertiary/aromatic N) is 2. The van der Waals surface area contributed by atoms with E-state index >= 15 is 0 Å². The molecule has 2 rings (SSSR count). The smallest absolute Gasteiger partial charge is 0.244 e. The van der Waals surface area contributed by atoms with Crippen molar-refractivity contribution in [1.29, 1.82) is 0 Å². The van der Waals surface area contributed by atoms with Crippen LogP contribution in [0.5, 0.6) is 0 Å². The van der Waals surface area contributed by atoms with Gasteiger partial charge in [0.05, 0.1) is 27.0 Å². The van der Waals surface area contributed by atoms with E-state index in [-0.39, 0.29) is 27.3 Å². The molecule has 0 unspecified atom stereocenters. The van der Waals surface area contributed by atoms with E-state index in [1.807, 2.05) is 20.8 Å². The van der Waals surface area contributed by atoms with Crippen LogP contribution < -0.4 is 9.62 Å². The maximum atomic E-state index is 13.5. The van der Waals surface area contributed by atoms with Crippen LogP contribution in [0.1, 0.15) is 33.3 Å². The van der Waals surface area contributed by atoms with Crippen LogP contribution in [0.4, 0.5) is 5.69 Å². The van der Waals surface area contributed by atoms with Gasteiger partial charge in [-0.25, -0.2) is 8.42 Å². The first-order valence-corrected chi connectivity index (χ1v) is 13.8. The molecule has 0 aliphatic carbocycles. The molecular weight excluding hydrogens is 556 g/mol. The molecule has 0 fully saturated rings. The summed E-state index contributed by atoms with van der Waals surface area (Å²) in [5, 5.41) is 3.51. The maximum absolute atomic E-state index is 13.5. The molecule has 0 aliphatic heterocycles. The third-order valence-corrected chi connectivity index (χ3v) is 7.23. The highest BCUT2D eigenvalue weighted by atomic mass is 35.5. The standard InChI is InChI=1S/C23H27Cl4N3O4S/c1-14(22(32)28-23(2,3)4)29(12-15-7-6-8-16(24)9-15)21(31)13-30(35(5,33)34)20-11-18(26)17(25)10-19(20)27/h6-11,14H,12-13H2,1-5H3,(H,28,32)/t14-/m1/s1. The molecule has 12 heteroatoms. The van der Waals surface area contributed by atoms with Gasteiger partial charge in [-0.3, -0.25) is 13.9 Å². The lowest BCUT2D eigenvalue weighted by Gasteiger charge is -2.33. The van der Waals surface area contributed by atoms with E-state index in [4.69, 9.17) is 46.4 Å². The third kappa shape index (κ3) is 8.43. The van der Waals surface area contributed by atoms with Crippen LogP contribution >= 0.6 is 46.4 Å². The van der Waals surface area contributed by atoms with Gasteiger partial charge in [0, 0.05) is 17.1 Å². The van der Waals surface area contributed by atoms with Crippen molar-refractivity contribution in [3.05, 3.63) is 62.1 Å². The molecule has 35 heavy (non-hydrogen) atoms. The molecule has 0 radical (unpaired) electrons. The van der Waals surface area contributed by atoms with Crippen molar-refractivity contribution in [3.63, 3.8) is 0 Å². The van der Waals surface area contributed by atoms with Gasteiger partial charge in [0.1, 0.15) is 12.6 Å².